The zero-order valence-electron chi connectivity index (χ0n) is 12.5. The number of hydrogen-bond donors (Lipinski definition) is 2. The van der Waals surface area contributed by atoms with Gasteiger partial charge in [-0.1, -0.05) is 0 Å². The first kappa shape index (κ1) is 17.2. The first-order valence-electron chi connectivity index (χ1n) is 6.90. The number of carbonyl (C=O) groups excluding carboxylic acids is 2. The van der Waals surface area contributed by atoms with Gasteiger partial charge in [-0.25, -0.2) is 4.79 Å². The Hall–Kier alpha value is -1.83. The van der Waals surface area contributed by atoms with Gasteiger partial charge in [0.1, 0.15) is 12.5 Å². The number of urea groups is 1. The fourth-order valence-corrected chi connectivity index (χ4v) is 2.02. The van der Waals surface area contributed by atoms with Crippen molar-refractivity contribution in [3.8, 4) is 0 Å². The first-order valence-corrected chi connectivity index (χ1v) is 6.90. The van der Waals surface area contributed by atoms with E-state index in [1.165, 1.54) is 4.90 Å². The van der Waals surface area contributed by atoms with Crippen LogP contribution in [0.25, 0.3) is 0 Å². The van der Waals surface area contributed by atoms with E-state index in [9.17, 15) is 14.4 Å². The van der Waals surface area contributed by atoms with Gasteiger partial charge in [0.25, 0.3) is 0 Å². The maximum absolute atomic E-state index is 12.2. The molecule has 1 fully saturated rings. The third-order valence-corrected chi connectivity index (χ3v) is 3.20. The quantitative estimate of drug-likeness (QED) is 0.673. The molecule has 0 spiro atoms. The third kappa shape index (κ3) is 4.89. The van der Waals surface area contributed by atoms with E-state index < -0.39 is 29.9 Å². The van der Waals surface area contributed by atoms with Crippen molar-refractivity contribution in [2.75, 3.05) is 26.4 Å². The first-order chi connectivity index (χ1) is 9.86. The third-order valence-electron chi connectivity index (χ3n) is 3.20. The topological polar surface area (TPSA) is 105 Å². The summed E-state index contributed by atoms with van der Waals surface area (Å²) in [6, 6.07) is -1.32. The van der Waals surface area contributed by atoms with Crippen LogP contribution in [-0.2, 0) is 19.1 Å². The average molecular weight is 302 g/mol. The lowest BCUT2D eigenvalue weighted by Gasteiger charge is -2.28. The Morgan fingerprint density at radius 1 is 1.38 bits per heavy atom. The minimum Gasteiger partial charge on any atom is -0.481 e. The normalized spacial score (nSPS) is 21.1. The highest BCUT2D eigenvalue weighted by atomic mass is 16.5. The number of hydrogen-bond acceptors (Lipinski definition) is 5. The van der Waals surface area contributed by atoms with Crippen LogP contribution < -0.4 is 5.32 Å². The van der Waals surface area contributed by atoms with E-state index in [4.69, 9.17) is 14.6 Å². The summed E-state index contributed by atoms with van der Waals surface area (Å²) in [5, 5.41) is 11.7. The number of nitrogens with one attached hydrogen (secondary N) is 1. The summed E-state index contributed by atoms with van der Waals surface area (Å²) in [6.45, 7) is 5.49. The van der Waals surface area contributed by atoms with E-state index in [1.54, 1.807) is 20.8 Å². The lowest BCUT2D eigenvalue weighted by atomic mass is 10.0. The zero-order chi connectivity index (χ0) is 16.0. The van der Waals surface area contributed by atoms with Crippen LogP contribution in [0.3, 0.4) is 0 Å². The molecular weight excluding hydrogens is 280 g/mol. The fourth-order valence-electron chi connectivity index (χ4n) is 2.02. The molecule has 8 heteroatoms. The summed E-state index contributed by atoms with van der Waals surface area (Å²) in [5.74, 6) is -2.29. The van der Waals surface area contributed by atoms with E-state index in [1.807, 2.05) is 0 Å². The highest BCUT2D eigenvalue weighted by molar-refractivity contribution is 5.82. The molecule has 120 valence electrons. The highest BCUT2D eigenvalue weighted by Crippen LogP contribution is 2.14. The molecule has 0 aromatic heterocycles. The number of carboxylic acid groups (broad SMARTS) is 1. The van der Waals surface area contributed by atoms with Crippen molar-refractivity contribution in [3.63, 3.8) is 0 Å². The lowest BCUT2D eigenvalue weighted by Crippen LogP contribution is -2.52. The molecule has 0 aromatic rings. The number of carbonyl (C=O) groups is 3. The summed E-state index contributed by atoms with van der Waals surface area (Å²) >= 11 is 0. The van der Waals surface area contributed by atoms with E-state index >= 15 is 0 Å². The van der Waals surface area contributed by atoms with Gasteiger partial charge in [0, 0.05) is 6.04 Å². The second-order valence-electron chi connectivity index (χ2n) is 5.06. The Balaban J connectivity index is 2.64. The van der Waals surface area contributed by atoms with Gasteiger partial charge < -0.3 is 24.8 Å². The Morgan fingerprint density at radius 2 is 2.05 bits per heavy atom. The van der Waals surface area contributed by atoms with Gasteiger partial charge in [-0.3, -0.25) is 9.59 Å². The van der Waals surface area contributed by atoms with Crippen LogP contribution in [0.15, 0.2) is 0 Å². The molecule has 2 atom stereocenters. The molecule has 0 aliphatic carbocycles. The Labute approximate surface area is 123 Å². The molecule has 0 bridgehead atoms. The van der Waals surface area contributed by atoms with Crippen LogP contribution in [0.5, 0.6) is 0 Å². The van der Waals surface area contributed by atoms with E-state index in [0.29, 0.717) is 0 Å². The molecule has 0 radical (unpaired) electrons. The molecule has 2 N–H and O–H groups in total. The summed E-state index contributed by atoms with van der Waals surface area (Å²) in [6.07, 6.45) is 0. The minimum absolute atomic E-state index is 0.0693. The second-order valence-corrected chi connectivity index (χ2v) is 5.06. The van der Waals surface area contributed by atoms with Gasteiger partial charge in [0.2, 0.25) is 0 Å². The van der Waals surface area contributed by atoms with Crippen molar-refractivity contribution in [1.29, 1.82) is 0 Å². The van der Waals surface area contributed by atoms with E-state index in [2.05, 4.69) is 5.32 Å². The number of nitrogens with zero attached hydrogens (tertiary/aromatic N) is 1. The molecule has 0 aromatic carbocycles. The molecule has 1 heterocycles. The van der Waals surface area contributed by atoms with Gasteiger partial charge >= 0.3 is 18.0 Å². The maximum Gasteiger partial charge on any atom is 0.325 e. The molecule has 1 saturated heterocycles. The van der Waals surface area contributed by atoms with Crippen molar-refractivity contribution >= 4 is 18.0 Å². The molecule has 2 amide bonds. The van der Waals surface area contributed by atoms with Crippen LogP contribution in [0.1, 0.15) is 20.8 Å². The van der Waals surface area contributed by atoms with Gasteiger partial charge in [-0.2, -0.15) is 0 Å². The van der Waals surface area contributed by atoms with Crippen molar-refractivity contribution < 1.29 is 29.0 Å². The summed E-state index contributed by atoms with van der Waals surface area (Å²) in [5.41, 5.74) is 0. The maximum atomic E-state index is 12.2. The van der Waals surface area contributed by atoms with Crippen LogP contribution >= 0.6 is 0 Å². The molecule has 1 aliphatic heterocycles. The van der Waals surface area contributed by atoms with Crippen molar-refractivity contribution in [2.24, 2.45) is 5.92 Å². The zero-order valence-corrected chi connectivity index (χ0v) is 12.5. The molecular formula is C13H22N2O6. The molecule has 1 aliphatic rings. The predicted octanol–water partition coefficient (Wildman–Crippen LogP) is 0.0691. The average Bonchev–Trinajstić information content (AvgIpc) is 2.84. The summed E-state index contributed by atoms with van der Waals surface area (Å²) < 4.78 is 9.91. The van der Waals surface area contributed by atoms with E-state index in [0.717, 1.165) is 0 Å². The minimum atomic E-state index is -1.01. The fraction of sp³-hybridized carbons (Fsp3) is 0.769. The van der Waals surface area contributed by atoms with Crippen molar-refractivity contribution in [2.45, 2.75) is 32.9 Å². The molecule has 0 saturated carbocycles. The van der Waals surface area contributed by atoms with Gasteiger partial charge in [0.15, 0.2) is 0 Å². The summed E-state index contributed by atoms with van der Waals surface area (Å²) in [4.78, 5) is 36.1. The smallest absolute Gasteiger partial charge is 0.325 e. The number of aliphatic carboxylic acids is 1. The number of ether oxygens (including phenoxy) is 2. The number of esters is 1. The van der Waals surface area contributed by atoms with Gasteiger partial charge in [0.05, 0.1) is 25.9 Å². The molecule has 21 heavy (non-hydrogen) atoms. The number of rotatable bonds is 6. The molecule has 1 rings (SSSR count). The lowest BCUT2D eigenvalue weighted by molar-refractivity contribution is -0.144. The van der Waals surface area contributed by atoms with Crippen LogP contribution in [0.2, 0.25) is 0 Å². The van der Waals surface area contributed by atoms with Gasteiger partial charge in [-0.15, -0.1) is 0 Å². The Bertz CT molecular complexity index is 398. The SMILES string of the molecule is CCOC(=O)CN(C(=O)NC1COCC1C(=O)O)C(C)C. The standard InChI is InChI=1S/C13H22N2O6/c1-4-21-11(16)5-15(8(2)3)13(19)14-10-7-20-6-9(10)12(17)18/h8-10H,4-7H2,1-3H3,(H,14,19)(H,17,18). The molecule has 8 nitrogen and oxygen atoms in total. The van der Waals surface area contributed by atoms with Gasteiger partial charge in [-0.05, 0) is 20.8 Å². The largest absolute Gasteiger partial charge is 0.481 e. The van der Waals surface area contributed by atoms with Crippen LogP contribution in [0, 0.1) is 5.92 Å². The number of carboxylic acids is 1. The van der Waals surface area contributed by atoms with Crippen molar-refractivity contribution in [3.05, 3.63) is 0 Å². The highest BCUT2D eigenvalue weighted by Gasteiger charge is 2.36. The Morgan fingerprint density at radius 3 is 2.57 bits per heavy atom. The van der Waals surface area contributed by atoms with Crippen LogP contribution in [0.4, 0.5) is 4.79 Å². The van der Waals surface area contributed by atoms with E-state index in [-0.39, 0.29) is 32.4 Å². The summed E-state index contributed by atoms with van der Waals surface area (Å²) in [7, 11) is 0. The second kappa shape index (κ2) is 7.82. The number of amides is 2. The van der Waals surface area contributed by atoms with Crippen molar-refractivity contribution in [1.82, 2.24) is 10.2 Å². The predicted molar refractivity (Wildman–Crippen MR) is 72.7 cm³/mol. The Kier molecular flexibility index (Phi) is 6.41. The van der Waals surface area contributed by atoms with Crippen LogP contribution in [-0.4, -0.2) is 66.4 Å². The monoisotopic (exact) mass is 302 g/mol. The molecule has 2 unspecified atom stereocenters.